The summed E-state index contributed by atoms with van der Waals surface area (Å²) < 4.78 is 32.3. The molecule has 2 aliphatic heterocycles. The SMILES string of the molecule is CC(C)(C)OC(=O)N1CCC(=C(NCC(=O)c2ccccc2)C(=O)CO)CC1.CC(C)(C)OC(=O)N1CCC(=O)CC1.CCCC.CN(C)C(=N)N(C)C.COP(=O)(OC)C(NCC(=O)c1ccccc1)C(=O)CO. The summed E-state index contributed by atoms with van der Waals surface area (Å²) in [5, 5.41) is 30.9. The van der Waals surface area contributed by atoms with E-state index >= 15 is 0 Å². The maximum absolute atomic E-state index is 12.3. The normalized spacial score (nSPS) is 13.7. The molecule has 2 aromatic carbocycles. The molecule has 2 fully saturated rings. The van der Waals surface area contributed by atoms with Crippen LogP contribution in [0.25, 0.3) is 0 Å². The zero-order valence-corrected chi connectivity index (χ0v) is 47.7. The number of Topliss-reactive ketones (excluding diaryl/α,β-unsaturated/α-hetero) is 5. The second-order valence-corrected chi connectivity index (χ2v) is 21.7. The number of likely N-dealkylation sites (tertiary alicyclic amines) is 2. The maximum Gasteiger partial charge on any atom is 0.410 e. The van der Waals surface area contributed by atoms with E-state index in [-0.39, 0.29) is 48.3 Å². The molecule has 4 rings (SSSR count). The van der Waals surface area contributed by atoms with Gasteiger partial charge in [-0.1, -0.05) is 87.4 Å². The van der Waals surface area contributed by atoms with Gasteiger partial charge in [-0.3, -0.25) is 39.3 Å². The first-order chi connectivity index (χ1) is 35.0. The Morgan fingerprint density at radius 1 is 0.667 bits per heavy atom. The molecular formula is C53H86N7O14P. The van der Waals surface area contributed by atoms with Crippen molar-refractivity contribution >= 4 is 54.7 Å². The molecule has 21 nitrogen and oxygen atoms in total. The van der Waals surface area contributed by atoms with Crippen LogP contribution in [0, 0.1) is 5.41 Å². The molecule has 0 aliphatic carbocycles. The van der Waals surface area contributed by atoms with Gasteiger partial charge in [-0.05, 0) is 60.0 Å². The molecule has 422 valence electrons. The number of aliphatic hydroxyl groups excluding tert-OH is 2. The molecule has 0 bridgehead atoms. The summed E-state index contributed by atoms with van der Waals surface area (Å²) in [6, 6.07) is 17.2. The average Bonchev–Trinajstić information content (AvgIpc) is 3.38. The van der Waals surface area contributed by atoms with E-state index in [9.17, 15) is 43.2 Å². The number of carbonyl (C=O) groups is 7. The van der Waals surface area contributed by atoms with Crippen molar-refractivity contribution < 1.29 is 66.9 Å². The van der Waals surface area contributed by atoms with Crippen LogP contribution in [0.4, 0.5) is 9.59 Å². The van der Waals surface area contributed by atoms with Crippen molar-refractivity contribution in [2.24, 2.45) is 0 Å². The molecule has 22 heteroatoms. The number of unbranched alkanes of at least 4 members (excludes halogenated alkanes) is 1. The Hall–Kier alpha value is -5.83. The topological polar surface area (TPSA) is 275 Å². The summed E-state index contributed by atoms with van der Waals surface area (Å²) in [6.07, 6.45) is 3.82. The first-order valence-corrected chi connectivity index (χ1v) is 26.4. The molecule has 0 spiro atoms. The predicted octanol–water partition coefficient (Wildman–Crippen LogP) is 6.57. The number of benzene rings is 2. The third kappa shape index (κ3) is 28.0. The fourth-order valence-electron chi connectivity index (χ4n) is 6.28. The standard InChI is InChI=1S/C21H28N2O5.C13H18NO6P.C10H17NO3.C5H13N3.C4H10/c1-21(2,3)28-20(27)23-11-9-16(10-12-23)19(18(26)14-24)22-13-17(25)15-7-5-4-6-8-15;1-19-21(18,20-2)13(12(17)9-15)14-8-11(16)10-6-4-3-5-7-10;1-10(2,3)14-9(13)11-6-4-8(12)5-7-11;1-7(2)5(6)8(3)4;1-3-4-2/h4-8,22,24H,9-14H2,1-3H3;3-7,13-15H,8-9H2,1-2H3;4-7H2,1-3H3;6H,1-4H3;3-4H2,1-2H3. The van der Waals surface area contributed by atoms with Crippen molar-refractivity contribution in [2.45, 2.75) is 111 Å². The van der Waals surface area contributed by atoms with Gasteiger partial charge in [0, 0.05) is 92.6 Å². The van der Waals surface area contributed by atoms with Gasteiger partial charge in [0.1, 0.15) is 30.2 Å². The molecule has 2 aliphatic rings. The van der Waals surface area contributed by atoms with Crippen molar-refractivity contribution in [3.05, 3.63) is 83.1 Å². The number of amides is 2. The summed E-state index contributed by atoms with van der Waals surface area (Å²) in [7, 11) is 5.87. The Morgan fingerprint density at radius 3 is 1.37 bits per heavy atom. The van der Waals surface area contributed by atoms with Gasteiger partial charge < -0.3 is 53.7 Å². The Morgan fingerprint density at radius 2 is 1.05 bits per heavy atom. The lowest BCUT2D eigenvalue weighted by atomic mass is 9.99. The number of ether oxygens (including phenoxy) is 2. The van der Waals surface area contributed by atoms with Gasteiger partial charge in [0.2, 0.25) is 5.78 Å². The third-order valence-corrected chi connectivity index (χ3v) is 12.6. The van der Waals surface area contributed by atoms with Crippen molar-refractivity contribution in [1.82, 2.24) is 30.2 Å². The van der Waals surface area contributed by atoms with Crippen LogP contribution in [0.15, 0.2) is 71.9 Å². The summed E-state index contributed by atoms with van der Waals surface area (Å²) in [5.41, 5.74) is 1.05. The van der Waals surface area contributed by atoms with Crippen molar-refractivity contribution in [2.75, 3.05) is 94.9 Å². The summed E-state index contributed by atoms with van der Waals surface area (Å²) in [6.45, 7) is 15.4. The number of ketones is 5. The molecule has 2 aromatic rings. The smallest absolute Gasteiger partial charge is 0.410 e. The lowest BCUT2D eigenvalue weighted by Gasteiger charge is -2.31. The van der Waals surface area contributed by atoms with Crippen molar-refractivity contribution in [3.63, 3.8) is 0 Å². The van der Waals surface area contributed by atoms with Gasteiger partial charge in [-0.2, -0.15) is 0 Å². The number of nitrogens with zero attached hydrogens (tertiary/aromatic N) is 4. The minimum atomic E-state index is -3.78. The van der Waals surface area contributed by atoms with Crippen LogP contribution in [0.2, 0.25) is 0 Å². The summed E-state index contributed by atoms with van der Waals surface area (Å²) in [5.74, 6) is -2.31. The highest BCUT2D eigenvalue weighted by atomic mass is 31.2. The second kappa shape index (κ2) is 35.4. The van der Waals surface area contributed by atoms with E-state index in [1.54, 1.807) is 74.2 Å². The molecule has 0 aromatic heterocycles. The molecule has 1 unspecified atom stereocenters. The molecule has 75 heavy (non-hydrogen) atoms. The Kier molecular flexibility index (Phi) is 32.7. The highest BCUT2D eigenvalue weighted by Crippen LogP contribution is 2.50. The van der Waals surface area contributed by atoms with Crippen LogP contribution >= 0.6 is 7.60 Å². The third-order valence-electron chi connectivity index (χ3n) is 10.5. The minimum absolute atomic E-state index is 0.0373. The van der Waals surface area contributed by atoms with Gasteiger partial charge in [-0.15, -0.1) is 0 Å². The molecule has 5 N–H and O–H groups in total. The van der Waals surface area contributed by atoms with E-state index in [1.165, 1.54) is 12.8 Å². The molecule has 2 saturated heterocycles. The summed E-state index contributed by atoms with van der Waals surface area (Å²) >= 11 is 0. The van der Waals surface area contributed by atoms with Crippen molar-refractivity contribution in [3.8, 4) is 0 Å². The predicted molar refractivity (Wildman–Crippen MR) is 289 cm³/mol. The first kappa shape index (κ1) is 69.2. The molecule has 0 saturated carbocycles. The van der Waals surface area contributed by atoms with Crippen LogP contribution in [0.5, 0.6) is 0 Å². The lowest BCUT2D eigenvalue weighted by molar-refractivity contribution is -0.122. The van der Waals surface area contributed by atoms with E-state index < -0.39 is 49.4 Å². The number of rotatable bonds is 16. The lowest BCUT2D eigenvalue weighted by Crippen LogP contribution is -2.41. The number of hydrogen-bond donors (Lipinski definition) is 5. The number of guanidine groups is 1. The van der Waals surface area contributed by atoms with E-state index in [1.807, 2.05) is 75.8 Å². The van der Waals surface area contributed by atoms with Gasteiger partial charge in [0.15, 0.2) is 29.1 Å². The molecule has 1 atom stereocenters. The number of aliphatic hydroxyl groups is 2. The monoisotopic (exact) mass is 1080 g/mol. The average molecular weight is 1080 g/mol. The molecular weight excluding hydrogens is 990 g/mol. The highest BCUT2D eigenvalue weighted by Gasteiger charge is 2.39. The van der Waals surface area contributed by atoms with Gasteiger partial charge in [-0.25, -0.2) is 9.59 Å². The van der Waals surface area contributed by atoms with Crippen LogP contribution in [-0.4, -0.2) is 189 Å². The Bertz CT molecular complexity index is 2150. The molecule has 2 amide bonds. The van der Waals surface area contributed by atoms with Gasteiger partial charge in [0.25, 0.3) is 0 Å². The minimum Gasteiger partial charge on any atom is -0.444 e. The van der Waals surface area contributed by atoms with E-state index in [0.717, 1.165) is 19.8 Å². The fraction of sp³-hybridized carbons (Fsp3) is 0.585. The zero-order valence-electron chi connectivity index (χ0n) is 46.8. The number of nitrogens with one attached hydrogen (secondary N) is 3. The number of piperidine rings is 2. The van der Waals surface area contributed by atoms with Crippen LogP contribution in [0.3, 0.4) is 0 Å². The van der Waals surface area contributed by atoms with Crippen LogP contribution in [0.1, 0.15) is 115 Å². The zero-order chi connectivity index (χ0) is 57.5. The first-order valence-electron chi connectivity index (χ1n) is 24.8. The Labute approximate surface area is 444 Å². The quantitative estimate of drug-likeness (QED) is 0.0391. The van der Waals surface area contributed by atoms with Crippen molar-refractivity contribution in [1.29, 1.82) is 5.41 Å². The molecule has 2 heterocycles. The van der Waals surface area contributed by atoms with E-state index in [0.29, 0.717) is 68.9 Å². The van der Waals surface area contributed by atoms with Crippen LogP contribution in [-0.2, 0) is 37.5 Å². The summed E-state index contributed by atoms with van der Waals surface area (Å²) in [4.78, 5) is 89.4. The Balaban J connectivity index is 0.00000102. The van der Waals surface area contributed by atoms with Crippen LogP contribution < -0.4 is 10.6 Å². The highest BCUT2D eigenvalue weighted by molar-refractivity contribution is 7.55. The maximum atomic E-state index is 12.3. The fourth-order valence-corrected chi connectivity index (χ4v) is 7.60. The molecule has 0 radical (unpaired) electrons. The van der Waals surface area contributed by atoms with Gasteiger partial charge >= 0.3 is 19.8 Å². The largest absolute Gasteiger partial charge is 0.444 e. The van der Waals surface area contributed by atoms with Gasteiger partial charge in [0.05, 0.1) is 18.8 Å². The second-order valence-electron chi connectivity index (χ2n) is 19.4. The van der Waals surface area contributed by atoms with E-state index in [2.05, 4.69) is 24.5 Å². The number of carbonyl (C=O) groups excluding carboxylic acids is 7. The number of hydrogen-bond acceptors (Lipinski definition) is 17. The van der Waals surface area contributed by atoms with E-state index in [4.69, 9.17) is 29.0 Å².